The van der Waals surface area contributed by atoms with Crippen LogP contribution in [0.1, 0.15) is 101 Å². The van der Waals surface area contributed by atoms with Gasteiger partial charge in [-0.1, -0.05) is 26.0 Å². The van der Waals surface area contributed by atoms with Crippen molar-refractivity contribution in [3.63, 3.8) is 0 Å². The average Bonchev–Trinajstić information content (AvgIpc) is 3.62. The van der Waals surface area contributed by atoms with E-state index in [2.05, 4.69) is 25.9 Å². The van der Waals surface area contributed by atoms with Crippen LogP contribution in [0.5, 0.6) is 5.75 Å². The summed E-state index contributed by atoms with van der Waals surface area (Å²) in [5.74, 6) is 0.707. The van der Waals surface area contributed by atoms with Crippen LogP contribution in [-0.4, -0.2) is 74.4 Å². The van der Waals surface area contributed by atoms with Gasteiger partial charge in [-0.3, -0.25) is 9.36 Å². The van der Waals surface area contributed by atoms with Gasteiger partial charge in [0, 0.05) is 29.6 Å². The molecule has 2 amide bonds. The minimum absolute atomic E-state index is 0.154. The molecule has 9 rings (SSSR count). The van der Waals surface area contributed by atoms with Crippen LogP contribution < -0.4 is 15.5 Å². The first-order valence-electron chi connectivity index (χ1n) is 19.4. The van der Waals surface area contributed by atoms with E-state index in [1.54, 1.807) is 22.4 Å². The van der Waals surface area contributed by atoms with Crippen LogP contribution in [0.25, 0.3) is 33.4 Å². The first-order chi connectivity index (χ1) is 26.7. The summed E-state index contributed by atoms with van der Waals surface area (Å²) >= 11 is 1.65. The Balaban J connectivity index is 1.07. The zero-order valence-electron chi connectivity index (χ0n) is 32.6. The van der Waals surface area contributed by atoms with E-state index >= 15 is 4.39 Å². The number of fused-ring (bicyclic) bond motifs is 5. The number of ether oxygens (including phenoxy) is 2. The number of hydrogen-bond acceptors (Lipinski definition) is 9. The lowest BCUT2D eigenvalue weighted by atomic mass is 9.78. The molecule has 6 heterocycles. The first-order valence-corrected chi connectivity index (χ1v) is 20.2. The molecule has 292 valence electrons. The molecule has 2 aromatic carbocycles. The summed E-state index contributed by atoms with van der Waals surface area (Å²) in [6, 6.07) is 10.4. The third kappa shape index (κ3) is 6.18. The molecular formula is C41H46BFN6O6S. The van der Waals surface area contributed by atoms with E-state index in [1.807, 2.05) is 72.0 Å². The lowest BCUT2D eigenvalue weighted by molar-refractivity contribution is -0.135. The summed E-state index contributed by atoms with van der Waals surface area (Å²) in [5, 5.41) is 4.70. The number of alkyl carbamates (subject to hydrolysis) is 1. The molecule has 56 heavy (non-hydrogen) atoms. The quantitative estimate of drug-likeness (QED) is 0.155. The minimum atomic E-state index is -0.748. The van der Waals surface area contributed by atoms with E-state index in [-0.39, 0.29) is 17.9 Å². The Morgan fingerprint density at radius 3 is 2.54 bits per heavy atom. The van der Waals surface area contributed by atoms with Crippen LogP contribution in [0, 0.1) is 11.7 Å². The summed E-state index contributed by atoms with van der Waals surface area (Å²) < 4.78 is 43.1. The number of nitrogens with one attached hydrogen (secondary N) is 2. The second-order valence-electron chi connectivity index (χ2n) is 16.7. The van der Waals surface area contributed by atoms with Gasteiger partial charge in [0.2, 0.25) is 12.1 Å². The Morgan fingerprint density at radius 2 is 1.82 bits per heavy atom. The number of likely N-dealkylation sites (tertiary alicyclic amines) is 1. The standard InChI is InChI=1S/C41H46BFN6O6S/c1-21(2)34(47-39(51)52-7)37(50)48-14-8-9-29(48)35-44-19-27(46-35)23-16-26(43)33-30-17-24-15-25(42-54-40(3,4)41(5,6)55-42)12-13-28(24)49(30)38(53-31(33)18-23)32-20-45-36(56-32)22-10-11-22/h12-13,15-22,29,34,38H,8-11,14H2,1-7H3,(H,44,46)(H,47,51)/t29-,34-,38?/m0/s1. The van der Waals surface area contributed by atoms with Gasteiger partial charge in [-0.05, 0) is 89.0 Å². The van der Waals surface area contributed by atoms with Crippen molar-refractivity contribution >= 4 is 46.8 Å². The topological polar surface area (TPSA) is 133 Å². The highest BCUT2D eigenvalue weighted by Gasteiger charge is 2.52. The molecule has 15 heteroatoms. The maximum atomic E-state index is 16.7. The van der Waals surface area contributed by atoms with E-state index in [0.29, 0.717) is 53.0 Å². The lowest BCUT2D eigenvalue weighted by Crippen LogP contribution is -2.51. The molecule has 1 saturated carbocycles. The molecule has 5 aromatic rings. The molecule has 1 aliphatic carbocycles. The van der Waals surface area contributed by atoms with E-state index in [0.717, 1.165) is 45.5 Å². The summed E-state index contributed by atoms with van der Waals surface area (Å²) in [6.45, 7) is 12.4. The van der Waals surface area contributed by atoms with Crippen molar-refractivity contribution in [2.24, 2.45) is 5.92 Å². The fraction of sp³-hybridized carbons (Fsp3) is 0.463. The number of aromatic amines is 1. The van der Waals surface area contributed by atoms with Crippen molar-refractivity contribution in [3.8, 4) is 28.3 Å². The number of aromatic nitrogens is 4. The number of benzene rings is 2. The maximum absolute atomic E-state index is 16.7. The van der Waals surface area contributed by atoms with Crippen LogP contribution >= 0.6 is 11.3 Å². The number of methoxy groups -OCH3 is 1. The number of carbonyl (C=O) groups excluding carboxylic acids is 2. The molecule has 0 radical (unpaired) electrons. The van der Waals surface area contributed by atoms with Crippen LogP contribution in [0.3, 0.4) is 0 Å². The molecule has 3 fully saturated rings. The van der Waals surface area contributed by atoms with Crippen LogP contribution in [-0.2, 0) is 18.8 Å². The molecule has 3 aromatic heterocycles. The van der Waals surface area contributed by atoms with Gasteiger partial charge in [-0.25, -0.2) is 19.2 Å². The van der Waals surface area contributed by atoms with Gasteiger partial charge in [0.1, 0.15) is 23.4 Å². The smallest absolute Gasteiger partial charge is 0.464 e. The molecule has 4 aliphatic rings. The van der Waals surface area contributed by atoms with Gasteiger partial charge in [-0.15, -0.1) is 11.3 Å². The number of rotatable bonds is 8. The van der Waals surface area contributed by atoms with Crippen molar-refractivity contribution in [1.29, 1.82) is 0 Å². The maximum Gasteiger partial charge on any atom is 0.494 e. The van der Waals surface area contributed by atoms with Crippen molar-refractivity contribution in [1.82, 2.24) is 29.7 Å². The van der Waals surface area contributed by atoms with E-state index in [9.17, 15) is 9.59 Å². The summed E-state index contributed by atoms with van der Waals surface area (Å²) in [4.78, 5) is 41.3. The number of imidazole rings is 1. The molecule has 3 aliphatic heterocycles. The number of halogens is 1. The molecule has 2 saturated heterocycles. The fourth-order valence-corrected chi connectivity index (χ4v) is 9.15. The Labute approximate surface area is 329 Å². The first kappa shape index (κ1) is 36.9. The second-order valence-corrected chi connectivity index (χ2v) is 17.8. The zero-order chi connectivity index (χ0) is 39.3. The fourth-order valence-electron chi connectivity index (χ4n) is 8.04. The Morgan fingerprint density at radius 1 is 1.05 bits per heavy atom. The van der Waals surface area contributed by atoms with Crippen LogP contribution in [0.4, 0.5) is 9.18 Å². The van der Waals surface area contributed by atoms with Gasteiger partial charge in [0.25, 0.3) is 0 Å². The molecule has 0 spiro atoms. The number of hydrogen-bond donors (Lipinski definition) is 2. The average molecular weight is 781 g/mol. The van der Waals surface area contributed by atoms with Crippen molar-refractivity contribution in [2.45, 2.75) is 103 Å². The van der Waals surface area contributed by atoms with Crippen LogP contribution in [0.15, 0.2) is 48.8 Å². The number of nitrogens with zero attached hydrogens (tertiary/aromatic N) is 4. The Hall–Kier alpha value is -4.73. The number of H-pyrrole nitrogens is 1. The van der Waals surface area contributed by atoms with E-state index < -0.39 is 42.5 Å². The third-order valence-electron chi connectivity index (χ3n) is 12.0. The van der Waals surface area contributed by atoms with E-state index in [4.69, 9.17) is 23.8 Å². The van der Waals surface area contributed by atoms with Gasteiger partial charge in [0.15, 0.2) is 0 Å². The van der Waals surface area contributed by atoms with Gasteiger partial charge >= 0.3 is 13.2 Å². The number of amides is 2. The highest BCUT2D eigenvalue weighted by atomic mass is 32.1. The van der Waals surface area contributed by atoms with Gasteiger partial charge < -0.3 is 34.0 Å². The van der Waals surface area contributed by atoms with Gasteiger partial charge in [0.05, 0.1) is 62.9 Å². The number of carbonyl (C=O) groups is 2. The molecule has 2 N–H and O–H groups in total. The highest BCUT2D eigenvalue weighted by Crippen LogP contribution is 2.49. The number of thiazole rings is 1. The second kappa shape index (κ2) is 13.4. The highest BCUT2D eigenvalue weighted by molar-refractivity contribution is 7.11. The van der Waals surface area contributed by atoms with Crippen molar-refractivity contribution in [3.05, 3.63) is 70.3 Å². The molecule has 0 bridgehead atoms. The van der Waals surface area contributed by atoms with E-state index in [1.165, 1.54) is 13.2 Å². The Bertz CT molecular complexity index is 2350. The SMILES string of the molecule is COC(=O)N[C@H](C(=O)N1CCC[C@H]1c1ncc(-c2cc(F)c3c(c2)OC(c2cnc(C4CC4)s2)n2c-3cc3cc(B4OC(C)(C)C(C)(C)O4)ccc32)[nH]1)C(C)C. The predicted molar refractivity (Wildman–Crippen MR) is 211 cm³/mol. The summed E-state index contributed by atoms with van der Waals surface area (Å²) in [6.07, 6.45) is 6.09. The monoisotopic (exact) mass is 780 g/mol. The lowest BCUT2D eigenvalue weighted by Gasteiger charge is -2.32. The molecule has 1 unspecified atom stereocenters. The summed E-state index contributed by atoms with van der Waals surface area (Å²) in [7, 11) is 0.738. The predicted octanol–water partition coefficient (Wildman–Crippen LogP) is 7.45. The minimum Gasteiger partial charge on any atom is -0.464 e. The van der Waals surface area contributed by atoms with Crippen molar-refractivity contribution in [2.75, 3.05) is 13.7 Å². The molecule has 12 nitrogen and oxygen atoms in total. The zero-order valence-corrected chi connectivity index (χ0v) is 33.5. The Kier molecular flexibility index (Phi) is 8.86. The van der Waals surface area contributed by atoms with Crippen molar-refractivity contribution < 1.29 is 32.8 Å². The van der Waals surface area contributed by atoms with Crippen LogP contribution in [0.2, 0.25) is 0 Å². The molecular weight excluding hydrogens is 734 g/mol. The largest absolute Gasteiger partial charge is 0.494 e. The van der Waals surface area contributed by atoms with Gasteiger partial charge in [-0.2, -0.15) is 0 Å². The molecule has 3 atom stereocenters. The summed E-state index contributed by atoms with van der Waals surface area (Å²) in [5.41, 5.74) is 3.05. The normalized spacial score (nSPS) is 21.6. The third-order valence-corrected chi connectivity index (χ3v) is 13.2.